The second-order valence-electron chi connectivity index (χ2n) is 8.14. The number of hydrogen-bond acceptors (Lipinski definition) is 7. The third-order valence-corrected chi connectivity index (χ3v) is 5.87. The van der Waals surface area contributed by atoms with E-state index >= 15 is 0 Å². The van der Waals surface area contributed by atoms with Gasteiger partial charge in [0.05, 0.1) is 17.6 Å². The van der Waals surface area contributed by atoms with Crippen LogP contribution >= 0.6 is 0 Å². The molecule has 7 heteroatoms. The van der Waals surface area contributed by atoms with Gasteiger partial charge in [-0.15, -0.1) is 0 Å². The van der Waals surface area contributed by atoms with Crippen molar-refractivity contribution in [3.05, 3.63) is 78.4 Å². The lowest BCUT2D eigenvalue weighted by Crippen LogP contribution is -2.44. The van der Waals surface area contributed by atoms with Crippen LogP contribution in [0.5, 0.6) is 0 Å². The highest BCUT2D eigenvalue weighted by atomic mass is 16.1. The predicted octanol–water partition coefficient (Wildman–Crippen LogP) is 3.26. The Balaban J connectivity index is 1.36. The smallest absolute Gasteiger partial charge is 0.169 e. The van der Waals surface area contributed by atoms with Crippen molar-refractivity contribution in [2.75, 3.05) is 38.1 Å². The number of carbonyl (C=O) groups is 1. The van der Waals surface area contributed by atoms with Crippen LogP contribution in [0.25, 0.3) is 22.0 Å². The molecule has 0 radical (unpaired) electrons. The van der Waals surface area contributed by atoms with Crippen molar-refractivity contribution < 1.29 is 4.79 Å². The number of carbonyl (C=O) groups excluding carboxylic acids is 1. The summed E-state index contributed by atoms with van der Waals surface area (Å²) in [5.74, 6) is 0.870. The number of piperazine rings is 1. The molecule has 1 saturated heterocycles. The molecule has 0 amide bonds. The van der Waals surface area contributed by atoms with Crippen molar-refractivity contribution in [3.63, 3.8) is 0 Å². The molecule has 1 fully saturated rings. The topological polar surface area (TPSA) is 75.1 Å². The highest BCUT2D eigenvalue weighted by molar-refractivity contribution is 5.98. The second kappa shape index (κ2) is 8.80. The van der Waals surface area contributed by atoms with Gasteiger partial charge in [0.15, 0.2) is 5.78 Å². The number of likely N-dealkylation sites (N-methyl/N-ethyl adjacent to an activating group) is 1. The molecule has 1 aliphatic heterocycles. The van der Waals surface area contributed by atoms with Crippen LogP contribution in [-0.4, -0.2) is 64.1 Å². The van der Waals surface area contributed by atoms with Gasteiger partial charge in [0.2, 0.25) is 0 Å². The van der Waals surface area contributed by atoms with Crippen LogP contribution in [0.1, 0.15) is 16.1 Å². The molecule has 32 heavy (non-hydrogen) atoms. The Hall–Kier alpha value is -3.71. The Morgan fingerprint density at radius 1 is 0.938 bits per heavy atom. The van der Waals surface area contributed by atoms with Crippen LogP contribution < -0.4 is 4.90 Å². The first-order chi connectivity index (χ1) is 15.7. The van der Waals surface area contributed by atoms with E-state index in [9.17, 15) is 4.79 Å². The van der Waals surface area contributed by atoms with Crippen LogP contribution in [-0.2, 0) is 6.42 Å². The lowest BCUT2D eigenvalue weighted by molar-refractivity contribution is 0.0991. The number of nitrogens with zero attached hydrogens (tertiary/aromatic N) is 6. The van der Waals surface area contributed by atoms with Gasteiger partial charge in [0.25, 0.3) is 0 Å². The minimum Gasteiger partial charge on any atom is -0.354 e. The lowest BCUT2D eigenvalue weighted by Gasteiger charge is -2.33. The van der Waals surface area contributed by atoms with E-state index in [0.717, 1.165) is 54.0 Å². The van der Waals surface area contributed by atoms with Crippen LogP contribution in [0.3, 0.4) is 0 Å². The molecule has 0 bridgehead atoms. The molecule has 0 aliphatic carbocycles. The number of Topliss-reactive ketones (excluding diaryl/α,β-unsaturated/α-hetero) is 1. The van der Waals surface area contributed by atoms with Crippen molar-refractivity contribution in [3.8, 4) is 11.1 Å². The average Bonchev–Trinajstić information content (AvgIpc) is 2.84. The summed E-state index contributed by atoms with van der Waals surface area (Å²) in [6.07, 6.45) is 5.51. The third kappa shape index (κ3) is 4.33. The molecular formula is C25H24N6O. The van der Waals surface area contributed by atoms with E-state index in [4.69, 9.17) is 0 Å². The van der Waals surface area contributed by atoms with Gasteiger partial charge in [0, 0.05) is 61.3 Å². The molecule has 160 valence electrons. The van der Waals surface area contributed by atoms with E-state index in [1.807, 2.05) is 42.6 Å². The van der Waals surface area contributed by atoms with Crippen LogP contribution in [0.15, 0.2) is 67.1 Å². The van der Waals surface area contributed by atoms with Crippen molar-refractivity contribution in [2.24, 2.45) is 0 Å². The van der Waals surface area contributed by atoms with Gasteiger partial charge in [-0.2, -0.15) is 10.2 Å². The van der Waals surface area contributed by atoms with E-state index in [1.165, 1.54) is 0 Å². The SMILES string of the molecule is CN1CCN(c2cc(C(=O)Cc3cc4cc(-c5cccnc5)ccc4nn3)ccn2)CC1. The first-order valence-corrected chi connectivity index (χ1v) is 10.8. The molecule has 4 aromatic rings. The first-order valence-electron chi connectivity index (χ1n) is 10.8. The molecule has 5 rings (SSSR count). The van der Waals surface area contributed by atoms with Crippen molar-refractivity contribution >= 4 is 22.5 Å². The number of hydrogen-bond donors (Lipinski definition) is 0. The highest BCUT2D eigenvalue weighted by Crippen LogP contribution is 2.23. The molecule has 0 saturated carbocycles. The summed E-state index contributed by atoms with van der Waals surface area (Å²) in [4.78, 5) is 26.2. The van der Waals surface area contributed by atoms with Gasteiger partial charge in [-0.3, -0.25) is 9.78 Å². The van der Waals surface area contributed by atoms with Gasteiger partial charge in [-0.05, 0) is 49.0 Å². The molecule has 4 heterocycles. The number of anilines is 1. The Morgan fingerprint density at radius 2 is 1.81 bits per heavy atom. The number of ketones is 1. The zero-order valence-electron chi connectivity index (χ0n) is 18.0. The molecular weight excluding hydrogens is 400 g/mol. The van der Waals surface area contributed by atoms with Gasteiger partial charge in [-0.1, -0.05) is 12.1 Å². The maximum absolute atomic E-state index is 13.0. The maximum Gasteiger partial charge on any atom is 0.169 e. The van der Waals surface area contributed by atoms with E-state index in [2.05, 4.69) is 43.1 Å². The average molecular weight is 425 g/mol. The summed E-state index contributed by atoms with van der Waals surface area (Å²) in [6.45, 7) is 3.81. The summed E-state index contributed by atoms with van der Waals surface area (Å²) in [6, 6.07) is 15.6. The van der Waals surface area contributed by atoms with E-state index in [1.54, 1.807) is 18.5 Å². The van der Waals surface area contributed by atoms with Crippen LogP contribution in [0, 0.1) is 0 Å². The summed E-state index contributed by atoms with van der Waals surface area (Å²) in [5, 5.41) is 9.55. The normalized spacial score (nSPS) is 14.6. The Morgan fingerprint density at radius 3 is 2.62 bits per heavy atom. The highest BCUT2D eigenvalue weighted by Gasteiger charge is 2.17. The molecule has 0 unspecified atom stereocenters. The number of aromatic nitrogens is 4. The zero-order valence-corrected chi connectivity index (χ0v) is 18.0. The second-order valence-corrected chi connectivity index (χ2v) is 8.14. The van der Waals surface area contributed by atoms with E-state index in [-0.39, 0.29) is 12.2 Å². The predicted molar refractivity (Wildman–Crippen MR) is 125 cm³/mol. The fraction of sp³-hybridized carbons (Fsp3) is 0.240. The Bertz CT molecular complexity index is 1250. The van der Waals surface area contributed by atoms with Gasteiger partial charge in [-0.25, -0.2) is 4.98 Å². The monoisotopic (exact) mass is 424 g/mol. The maximum atomic E-state index is 13.0. The summed E-state index contributed by atoms with van der Waals surface area (Å²) < 4.78 is 0. The van der Waals surface area contributed by atoms with Gasteiger partial charge in [0.1, 0.15) is 5.82 Å². The molecule has 1 aliphatic rings. The minimum absolute atomic E-state index is 0.0137. The van der Waals surface area contributed by atoms with Crippen molar-refractivity contribution in [1.29, 1.82) is 0 Å². The number of fused-ring (bicyclic) bond motifs is 1. The Labute approximate surface area is 186 Å². The van der Waals surface area contributed by atoms with E-state index in [0.29, 0.717) is 11.3 Å². The van der Waals surface area contributed by atoms with E-state index < -0.39 is 0 Å². The number of pyridine rings is 2. The quantitative estimate of drug-likeness (QED) is 0.455. The summed E-state index contributed by atoms with van der Waals surface area (Å²) in [5.41, 5.74) is 4.21. The van der Waals surface area contributed by atoms with Crippen molar-refractivity contribution in [1.82, 2.24) is 25.1 Å². The molecule has 0 spiro atoms. The Kier molecular flexibility index (Phi) is 5.56. The molecule has 0 atom stereocenters. The van der Waals surface area contributed by atoms with Gasteiger partial charge >= 0.3 is 0 Å². The fourth-order valence-electron chi connectivity index (χ4n) is 3.95. The summed E-state index contributed by atoms with van der Waals surface area (Å²) in [7, 11) is 2.12. The van der Waals surface area contributed by atoms with Crippen molar-refractivity contribution in [2.45, 2.75) is 6.42 Å². The third-order valence-electron chi connectivity index (χ3n) is 5.87. The fourth-order valence-corrected chi connectivity index (χ4v) is 3.95. The summed E-state index contributed by atoms with van der Waals surface area (Å²) >= 11 is 0. The lowest BCUT2D eigenvalue weighted by atomic mass is 10.0. The number of rotatable bonds is 5. The zero-order chi connectivity index (χ0) is 21.9. The standard InChI is InChI=1S/C25H24N6O/c1-30-9-11-31(12-10-30)25-15-19(6-8-27-25)24(32)16-22-14-21-13-18(4-5-23(21)29-28-22)20-3-2-7-26-17-20/h2-8,13-15,17H,9-12,16H2,1H3. The number of benzene rings is 1. The van der Waals surface area contributed by atoms with Crippen LogP contribution in [0.4, 0.5) is 5.82 Å². The molecule has 1 aromatic carbocycles. The molecule has 0 N–H and O–H groups in total. The minimum atomic E-state index is 0.0137. The first kappa shape index (κ1) is 20.2. The largest absolute Gasteiger partial charge is 0.354 e. The molecule has 3 aromatic heterocycles. The van der Waals surface area contributed by atoms with Gasteiger partial charge < -0.3 is 9.80 Å². The molecule has 7 nitrogen and oxygen atoms in total. The van der Waals surface area contributed by atoms with Crippen LogP contribution in [0.2, 0.25) is 0 Å².